The van der Waals surface area contributed by atoms with Crippen molar-refractivity contribution in [3.8, 4) is 0 Å². The van der Waals surface area contributed by atoms with Crippen molar-refractivity contribution in [2.45, 2.75) is 6.92 Å². The van der Waals surface area contributed by atoms with Gasteiger partial charge in [-0.15, -0.1) is 0 Å². The number of aliphatic hydroxyl groups is 1. The number of ether oxygens (including phenoxy) is 1. The number of carbonyl (C=O) groups is 1. The number of aliphatic imine (C=N–C) groups is 1. The molecule has 4 nitrogen and oxygen atoms in total. The smallest absolute Gasteiger partial charge is 0.343 e. The van der Waals surface area contributed by atoms with E-state index in [9.17, 15) is 9.90 Å². The summed E-state index contributed by atoms with van der Waals surface area (Å²) in [6, 6.07) is 1.73. The van der Waals surface area contributed by atoms with Gasteiger partial charge in [-0.05, 0) is 18.4 Å². The van der Waals surface area contributed by atoms with E-state index in [2.05, 4.69) is 9.73 Å². The minimum absolute atomic E-state index is 0.100. The van der Waals surface area contributed by atoms with Gasteiger partial charge in [-0.2, -0.15) is 11.3 Å². The van der Waals surface area contributed by atoms with E-state index in [0.717, 1.165) is 0 Å². The summed E-state index contributed by atoms with van der Waals surface area (Å²) in [5.74, 6) is -0.692. The Kier molecular flexibility index (Phi) is 4.25. The largest absolute Gasteiger partial charge is 0.506 e. The van der Waals surface area contributed by atoms with Gasteiger partial charge in [0.15, 0.2) is 0 Å². The number of rotatable bonds is 3. The normalized spacial score (nSPS) is 13.3. The summed E-state index contributed by atoms with van der Waals surface area (Å²) in [5.41, 5.74) is 1.13. The van der Waals surface area contributed by atoms with Crippen LogP contribution in [0.2, 0.25) is 0 Å². The van der Waals surface area contributed by atoms with E-state index in [1.54, 1.807) is 25.4 Å². The summed E-state index contributed by atoms with van der Waals surface area (Å²) in [6.45, 7) is 1.65. The summed E-state index contributed by atoms with van der Waals surface area (Å²) < 4.78 is 4.62. The van der Waals surface area contributed by atoms with Gasteiger partial charge in [0.2, 0.25) is 0 Å². The lowest BCUT2D eigenvalue weighted by molar-refractivity contribution is -0.135. The van der Waals surface area contributed by atoms with Gasteiger partial charge in [-0.3, -0.25) is 4.99 Å². The molecule has 0 amide bonds. The van der Waals surface area contributed by atoms with Gasteiger partial charge in [0.05, 0.1) is 7.11 Å². The van der Waals surface area contributed by atoms with Crippen LogP contribution in [0.15, 0.2) is 27.4 Å². The third-order valence-electron chi connectivity index (χ3n) is 2.12. The molecule has 0 aromatic carbocycles. The molecule has 0 unspecified atom stereocenters. The number of hydrogen-bond donors (Lipinski definition) is 1. The molecule has 0 aliphatic rings. The number of aliphatic hydroxyl groups excluding tert-OH is 1. The van der Waals surface area contributed by atoms with E-state index in [1.165, 1.54) is 18.4 Å². The minimum Gasteiger partial charge on any atom is -0.506 e. The molecule has 5 heteroatoms. The zero-order valence-electron chi connectivity index (χ0n) is 9.35. The van der Waals surface area contributed by atoms with Crippen LogP contribution < -0.4 is 0 Å². The van der Waals surface area contributed by atoms with Crippen molar-refractivity contribution >= 4 is 28.8 Å². The molecule has 1 aromatic heterocycles. The Morgan fingerprint density at radius 2 is 2.25 bits per heavy atom. The van der Waals surface area contributed by atoms with E-state index >= 15 is 0 Å². The van der Waals surface area contributed by atoms with Crippen molar-refractivity contribution in [1.29, 1.82) is 0 Å². The first-order chi connectivity index (χ1) is 7.61. The highest BCUT2D eigenvalue weighted by Crippen LogP contribution is 2.20. The van der Waals surface area contributed by atoms with Crippen molar-refractivity contribution in [2.75, 3.05) is 14.2 Å². The quantitative estimate of drug-likeness (QED) is 0.381. The first-order valence-corrected chi connectivity index (χ1v) is 5.54. The lowest BCUT2D eigenvalue weighted by Crippen LogP contribution is -2.14. The number of methoxy groups -OCH3 is 1. The number of carbonyl (C=O) groups excluding carboxylic acids is 1. The molecule has 0 atom stereocenters. The molecule has 0 spiro atoms. The average Bonchev–Trinajstić information content (AvgIpc) is 2.81. The first-order valence-electron chi connectivity index (χ1n) is 4.59. The summed E-state index contributed by atoms with van der Waals surface area (Å²) in [4.78, 5) is 15.4. The summed E-state index contributed by atoms with van der Waals surface area (Å²) in [7, 11) is 2.82. The maximum Gasteiger partial charge on any atom is 0.343 e. The van der Waals surface area contributed by atoms with Crippen LogP contribution in [0.3, 0.4) is 0 Å². The molecule has 0 radical (unpaired) electrons. The highest BCUT2D eigenvalue weighted by Gasteiger charge is 2.19. The van der Waals surface area contributed by atoms with E-state index in [1.807, 2.05) is 5.38 Å². The molecular weight excluding hydrogens is 226 g/mol. The molecule has 0 fully saturated rings. The fourth-order valence-electron chi connectivity index (χ4n) is 1.17. The van der Waals surface area contributed by atoms with E-state index in [0.29, 0.717) is 11.3 Å². The van der Waals surface area contributed by atoms with Gasteiger partial charge < -0.3 is 9.84 Å². The van der Waals surface area contributed by atoms with Crippen molar-refractivity contribution in [2.24, 2.45) is 4.99 Å². The second-order valence-electron chi connectivity index (χ2n) is 3.04. The highest BCUT2D eigenvalue weighted by atomic mass is 32.1. The fraction of sp³-hybridized carbons (Fsp3) is 0.273. The lowest BCUT2D eigenvalue weighted by atomic mass is 10.1. The van der Waals surface area contributed by atoms with Crippen LogP contribution in [0, 0.1) is 0 Å². The SMILES string of the molecule is CN=C(C)C(C(=O)OC)=C(O)c1ccsc1. The van der Waals surface area contributed by atoms with Gasteiger partial charge >= 0.3 is 5.97 Å². The lowest BCUT2D eigenvalue weighted by Gasteiger charge is -2.07. The Morgan fingerprint density at radius 1 is 1.56 bits per heavy atom. The number of hydrogen-bond acceptors (Lipinski definition) is 5. The topological polar surface area (TPSA) is 58.9 Å². The maximum absolute atomic E-state index is 11.5. The van der Waals surface area contributed by atoms with Gasteiger partial charge in [0, 0.05) is 23.7 Å². The number of nitrogens with zero attached hydrogens (tertiary/aromatic N) is 1. The van der Waals surface area contributed by atoms with E-state index in [4.69, 9.17) is 0 Å². The van der Waals surface area contributed by atoms with Crippen LogP contribution in [0.1, 0.15) is 12.5 Å². The number of esters is 1. The molecule has 0 saturated carbocycles. The zero-order valence-corrected chi connectivity index (χ0v) is 10.2. The van der Waals surface area contributed by atoms with E-state index < -0.39 is 5.97 Å². The first kappa shape index (κ1) is 12.4. The zero-order chi connectivity index (χ0) is 12.1. The van der Waals surface area contributed by atoms with Gasteiger partial charge in [0.1, 0.15) is 11.3 Å². The van der Waals surface area contributed by atoms with E-state index in [-0.39, 0.29) is 11.3 Å². The molecule has 0 aliphatic carbocycles. The molecule has 1 aromatic rings. The molecule has 86 valence electrons. The Bertz CT molecular complexity index is 432. The van der Waals surface area contributed by atoms with Crippen LogP contribution in [-0.2, 0) is 9.53 Å². The maximum atomic E-state index is 11.5. The molecule has 0 aliphatic heterocycles. The fourth-order valence-corrected chi connectivity index (χ4v) is 1.81. The molecule has 1 heterocycles. The second kappa shape index (κ2) is 5.46. The molecule has 1 N–H and O–H groups in total. The molecule has 16 heavy (non-hydrogen) atoms. The van der Waals surface area contributed by atoms with Crippen molar-refractivity contribution < 1.29 is 14.6 Å². The summed E-state index contributed by atoms with van der Waals surface area (Å²) >= 11 is 1.44. The van der Waals surface area contributed by atoms with Crippen molar-refractivity contribution in [3.63, 3.8) is 0 Å². The average molecular weight is 239 g/mol. The Hall–Kier alpha value is -1.62. The third-order valence-corrected chi connectivity index (χ3v) is 2.80. The van der Waals surface area contributed by atoms with Crippen LogP contribution in [0.5, 0.6) is 0 Å². The van der Waals surface area contributed by atoms with Gasteiger partial charge in [-0.25, -0.2) is 4.79 Å². The van der Waals surface area contributed by atoms with Crippen LogP contribution in [-0.4, -0.2) is 30.9 Å². The molecular formula is C11H13NO3S. The minimum atomic E-state index is -0.591. The van der Waals surface area contributed by atoms with Crippen LogP contribution >= 0.6 is 11.3 Å². The van der Waals surface area contributed by atoms with Crippen molar-refractivity contribution in [1.82, 2.24) is 0 Å². The standard InChI is InChI=1S/C11H13NO3S/c1-7(12-2)9(11(14)15-3)10(13)8-4-5-16-6-8/h4-6,13H,1-3H3. The predicted molar refractivity (Wildman–Crippen MR) is 64.9 cm³/mol. The predicted octanol–water partition coefficient (Wildman–Crippen LogP) is 2.28. The monoisotopic (exact) mass is 239 g/mol. The van der Waals surface area contributed by atoms with Gasteiger partial charge in [-0.1, -0.05) is 0 Å². The van der Waals surface area contributed by atoms with Crippen LogP contribution in [0.4, 0.5) is 0 Å². The third kappa shape index (κ3) is 2.49. The molecule has 0 saturated heterocycles. The number of thiophene rings is 1. The van der Waals surface area contributed by atoms with Crippen LogP contribution in [0.25, 0.3) is 5.76 Å². The Morgan fingerprint density at radius 3 is 2.69 bits per heavy atom. The molecule has 0 bridgehead atoms. The molecule has 1 rings (SSSR count). The second-order valence-corrected chi connectivity index (χ2v) is 3.82. The summed E-state index contributed by atoms with van der Waals surface area (Å²) in [6.07, 6.45) is 0. The van der Waals surface area contributed by atoms with Gasteiger partial charge in [0.25, 0.3) is 0 Å². The Labute approximate surface area is 97.9 Å². The summed E-state index contributed by atoms with van der Waals surface area (Å²) in [5, 5.41) is 13.5. The highest BCUT2D eigenvalue weighted by molar-refractivity contribution is 7.08. The Balaban J connectivity index is 3.29. The van der Waals surface area contributed by atoms with Crippen molar-refractivity contribution in [3.05, 3.63) is 28.0 Å².